The predicted molar refractivity (Wildman–Crippen MR) is 191 cm³/mol. The van der Waals surface area contributed by atoms with Crippen LogP contribution in [-0.2, 0) is 4.74 Å². The monoisotopic (exact) mass is 716 g/mol. The summed E-state index contributed by atoms with van der Waals surface area (Å²) in [6, 6.07) is -0.197. The van der Waals surface area contributed by atoms with Crippen molar-refractivity contribution >= 4 is 42.5 Å². The lowest BCUT2D eigenvalue weighted by Crippen LogP contribution is -2.70. The number of ether oxygens (including phenoxy) is 2. The number of carbonyl (C=O) groups excluding carboxylic acids is 1. The highest BCUT2D eigenvalue weighted by Gasteiger charge is 2.51. The zero-order valence-electron chi connectivity index (χ0n) is 30.4. The molecule has 49 heavy (non-hydrogen) atoms. The molecule has 7 rings (SSSR count). The van der Waals surface area contributed by atoms with Crippen molar-refractivity contribution in [1.82, 2.24) is 24.8 Å². The third-order valence-electron chi connectivity index (χ3n) is 11.3. The summed E-state index contributed by atoms with van der Waals surface area (Å²) < 4.78 is 42.6. The maximum Gasteiger partial charge on any atom is 0.410 e. The second kappa shape index (κ2) is 13.1. The highest BCUT2D eigenvalue weighted by molar-refractivity contribution is 6.90. The number of hydrogen-bond acceptors (Lipinski definition) is 8. The van der Waals surface area contributed by atoms with Crippen LogP contribution in [0.1, 0.15) is 93.7 Å². The Labute approximate surface area is 295 Å². The molecule has 9 nitrogen and oxygen atoms in total. The number of nitrogens with zero attached hydrogens (tertiary/aromatic N) is 6. The van der Waals surface area contributed by atoms with E-state index in [0.29, 0.717) is 59.6 Å². The van der Waals surface area contributed by atoms with Crippen molar-refractivity contribution in [3.63, 3.8) is 0 Å². The van der Waals surface area contributed by atoms with Crippen molar-refractivity contribution in [2.45, 2.75) is 134 Å². The molecule has 5 aliphatic rings. The normalized spacial score (nSPS) is 25.6. The lowest BCUT2D eigenvalue weighted by atomic mass is 9.88. The minimum Gasteiger partial charge on any atom is -0.461 e. The average Bonchev–Trinajstić information content (AvgIpc) is 3.52. The Morgan fingerprint density at radius 3 is 2.33 bits per heavy atom. The van der Waals surface area contributed by atoms with Crippen molar-refractivity contribution in [2.24, 2.45) is 0 Å². The molecule has 0 radical (unpaired) electrons. The SMILES string of the molecule is CC(C)[Si](C#Cc1nc(Cl)c(F)c2nc(OC[C@@]34CCCN3C[C@H](F)C4)nc(N3CC4CC(C3)N4C(=O)OC(C)(C)C)c12)(C(C)C)C(C)C. The van der Waals surface area contributed by atoms with Crippen molar-refractivity contribution in [1.29, 1.82) is 0 Å². The third kappa shape index (κ3) is 6.48. The number of pyridine rings is 1. The molecular weight excluding hydrogens is 666 g/mol. The van der Waals surface area contributed by atoms with Crippen LogP contribution in [0, 0.1) is 17.3 Å². The van der Waals surface area contributed by atoms with E-state index < -0.39 is 31.2 Å². The van der Waals surface area contributed by atoms with E-state index in [0.717, 1.165) is 25.8 Å². The van der Waals surface area contributed by atoms with Gasteiger partial charge >= 0.3 is 12.1 Å². The molecule has 2 unspecified atom stereocenters. The minimum absolute atomic E-state index is 0.00428. The van der Waals surface area contributed by atoms with Crippen LogP contribution < -0.4 is 9.64 Å². The molecule has 268 valence electrons. The molecular formula is C36H51ClF2N6O3Si. The fourth-order valence-electron chi connectivity index (χ4n) is 9.13. The average molecular weight is 717 g/mol. The molecule has 13 heteroatoms. The molecule has 0 N–H and O–H groups in total. The van der Waals surface area contributed by atoms with Crippen LogP contribution in [0.2, 0.25) is 21.8 Å². The number of hydrogen-bond donors (Lipinski definition) is 0. The second-order valence-electron chi connectivity index (χ2n) is 16.5. The number of alkyl halides is 1. The number of rotatable bonds is 7. The maximum absolute atomic E-state index is 16.1. The summed E-state index contributed by atoms with van der Waals surface area (Å²) >= 11 is 6.46. The number of aromatic nitrogens is 3. The van der Waals surface area contributed by atoms with Gasteiger partial charge < -0.3 is 14.4 Å². The van der Waals surface area contributed by atoms with Gasteiger partial charge in [0.05, 0.1) is 23.0 Å². The summed E-state index contributed by atoms with van der Waals surface area (Å²) in [4.78, 5) is 33.1. The predicted octanol–water partition coefficient (Wildman–Crippen LogP) is 7.54. The van der Waals surface area contributed by atoms with E-state index in [9.17, 15) is 9.18 Å². The standard InChI is InChI=1S/C36H51ClF2N6O3Si/c1-21(2)49(22(3)4,23(5)6)14-11-27-28-30(29(39)31(37)40-27)41-33(47-20-36-12-10-13-44(36)17-24(38)16-36)42-32(28)43-18-25-15-26(19-43)45(25)34(46)48-35(7,8)9/h21-26H,10,12-13,15-20H2,1-9H3/t24-,25?,26?,36+/m1/s1. The quantitative estimate of drug-likeness (QED) is 0.165. The molecule has 5 saturated heterocycles. The van der Waals surface area contributed by atoms with E-state index >= 15 is 4.39 Å². The molecule has 2 aromatic heterocycles. The summed E-state index contributed by atoms with van der Waals surface area (Å²) in [5.41, 5.74) is 4.13. The number of fused-ring (bicyclic) bond motifs is 4. The molecule has 0 aromatic carbocycles. The van der Waals surface area contributed by atoms with E-state index in [-0.39, 0.29) is 41.5 Å². The topological polar surface area (TPSA) is 83.9 Å². The number of anilines is 1. The van der Waals surface area contributed by atoms with Gasteiger partial charge in [-0.05, 0) is 63.2 Å². The van der Waals surface area contributed by atoms with Gasteiger partial charge in [0.25, 0.3) is 0 Å². The van der Waals surface area contributed by atoms with Crippen LogP contribution in [0.15, 0.2) is 0 Å². The number of piperazine rings is 1. The zero-order valence-corrected chi connectivity index (χ0v) is 32.1. The minimum atomic E-state index is -2.20. The summed E-state index contributed by atoms with van der Waals surface area (Å²) in [6.07, 6.45) is 1.77. The highest BCUT2D eigenvalue weighted by atomic mass is 35.5. The van der Waals surface area contributed by atoms with Gasteiger partial charge in [-0.1, -0.05) is 59.1 Å². The number of piperidine rings is 1. The van der Waals surface area contributed by atoms with Gasteiger partial charge in [-0.15, -0.1) is 5.54 Å². The largest absolute Gasteiger partial charge is 0.461 e. The van der Waals surface area contributed by atoms with E-state index in [2.05, 4.69) is 72.8 Å². The first-order chi connectivity index (χ1) is 23.0. The van der Waals surface area contributed by atoms with Crippen LogP contribution >= 0.6 is 11.6 Å². The molecule has 0 spiro atoms. The van der Waals surface area contributed by atoms with Crippen LogP contribution in [0.25, 0.3) is 10.9 Å². The molecule has 2 aromatic rings. The van der Waals surface area contributed by atoms with Gasteiger partial charge in [0.1, 0.15) is 43.5 Å². The van der Waals surface area contributed by atoms with Crippen LogP contribution in [-0.4, -0.2) is 101 Å². The Balaban J connectivity index is 1.44. The summed E-state index contributed by atoms with van der Waals surface area (Å²) in [5, 5.41) is 0.0731. The molecule has 4 atom stereocenters. The molecule has 7 heterocycles. The molecule has 5 fully saturated rings. The fourth-order valence-corrected chi connectivity index (χ4v) is 14.5. The first-order valence-electron chi connectivity index (χ1n) is 17.8. The Morgan fingerprint density at radius 2 is 1.71 bits per heavy atom. The Bertz CT molecular complexity index is 1640. The third-order valence-corrected chi connectivity index (χ3v) is 17.8. The second-order valence-corrected chi connectivity index (χ2v) is 22.4. The molecule has 5 aliphatic heterocycles. The van der Waals surface area contributed by atoms with Gasteiger partial charge in [-0.2, -0.15) is 9.97 Å². The van der Waals surface area contributed by atoms with E-state index in [1.165, 1.54) is 0 Å². The number of amides is 1. The summed E-state index contributed by atoms with van der Waals surface area (Å²) in [7, 11) is -2.20. The van der Waals surface area contributed by atoms with Crippen molar-refractivity contribution < 1.29 is 23.0 Å². The van der Waals surface area contributed by atoms with E-state index in [4.69, 9.17) is 26.1 Å². The van der Waals surface area contributed by atoms with Crippen LogP contribution in [0.4, 0.5) is 19.4 Å². The summed E-state index contributed by atoms with van der Waals surface area (Å²) in [5.74, 6) is 3.08. The summed E-state index contributed by atoms with van der Waals surface area (Å²) in [6.45, 7) is 21.3. The lowest BCUT2D eigenvalue weighted by molar-refractivity contribution is -0.0380. The Morgan fingerprint density at radius 1 is 1.06 bits per heavy atom. The van der Waals surface area contributed by atoms with Crippen molar-refractivity contribution in [2.75, 3.05) is 37.7 Å². The van der Waals surface area contributed by atoms with Gasteiger partial charge in [0.15, 0.2) is 11.0 Å². The highest BCUT2D eigenvalue weighted by Crippen LogP contribution is 2.43. The van der Waals surface area contributed by atoms with Gasteiger partial charge in [-0.3, -0.25) is 9.80 Å². The zero-order chi connectivity index (χ0) is 35.6. The first-order valence-corrected chi connectivity index (χ1v) is 20.4. The fraction of sp³-hybridized carbons (Fsp3) is 0.722. The number of halogens is 3. The molecule has 1 amide bonds. The van der Waals surface area contributed by atoms with Gasteiger partial charge in [0.2, 0.25) is 0 Å². The number of carbonyl (C=O) groups is 1. The van der Waals surface area contributed by atoms with Crippen molar-refractivity contribution in [3.8, 4) is 17.5 Å². The molecule has 2 bridgehead atoms. The lowest BCUT2D eigenvalue weighted by Gasteiger charge is -2.56. The molecule has 0 saturated carbocycles. The van der Waals surface area contributed by atoms with Gasteiger partial charge in [-0.25, -0.2) is 18.6 Å². The van der Waals surface area contributed by atoms with E-state index in [1.807, 2.05) is 20.8 Å². The van der Waals surface area contributed by atoms with E-state index in [1.54, 1.807) is 4.90 Å². The van der Waals surface area contributed by atoms with Crippen molar-refractivity contribution in [3.05, 3.63) is 16.7 Å². The first kappa shape index (κ1) is 36.1. The van der Waals surface area contributed by atoms with Crippen LogP contribution in [0.5, 0.6) is 6.01 Å². The maximum atomic E-state index is 16.1. The Kier molecular flexibility index (Phi) is 9.63. The van der Waals surface area contributed by atoms with Crippen LogP contribution in [0.3, 0.4) is 0 Å². The Hall–Kier alpha value is -2.75. The van der Waals surface area contributed by atoms with Gasteiger partial charge in [0, 0.05) is 26.1 Å². The molecule has 0 aliphatic carbocycles. The smallest absolute Gasteiger partial charge is 0.410 e.